The highest BCUT2D eigenvalue weighted by molar-refractivity contribution is 5.76. The van der Waals surface area contributed by atoms with Gasteiger partial charge in [-0.15, -0.1) is 0 Å². The molecule has 1 aliphatic carbocycles. The SMILES string of the molecule is CC(C)C(CNC(=O)N1CCCC2CCCC21)C(=O)O. The third-order valence-corrected chi connectivity index (χ3v) is 4.85. The normalized spacial score (nSPS) is 27.2. The summed E-state index contributed by atoms with van der Waals surface area (Å²) < 4.78 is 0. The van der Waals surface area contributed by atoms with Crippen molar-refractivity contribution in [1.82, 2.24) is 10.2 Å². The molecule has 2 N–H and O–H groups in total. The van der Waals surface area contributed by atoms with Gasteiger partial charge in [0.1, 0.15) is 0 Å². The maximum atomic E-state index is 12.3. The van der Waals surface area contributed by atoms with E-state index in [0.717, 1.165) is 19.4 Å². The maximum absolute atomic E-state index is 12.3. The van der Waals surface area contributed by atoms with E-state index in [9.17, 15) is 9.59 Å². The Balaban J connectivity index is 1.89. The third kappa shape index (κ3) is 3.25. The molecule has 114 valence electrons. The molecule has 1 heterocycles. The molecular formula is C15H26N2O3. The van der Waals surface area contributed by atoms with Crippen LogP contribution >= 0.6 is 0 Å². The van der Waals surface area contributed by atoms with Gasteiger partial charge in [0.2, 0.25) is 0 Å². The summed E-state index contributed by atoms with van der Waals surface area (Å²) in [5.41, 5.74) is 0. The number of fused-ring (bicyclic) bond motifs is 1. The topological polar surface area (TPSA) is 69.6 Å². The van der Waals surface area contributed by atoms with Gasteiger partial charge >= 0.3 is 12.0 Å². The Bertz CT molecular complexity index is 370. The van der Waals surface area contributed by atoms with Crippen LogP contribution < -0.4 is 5.32 Å². The minimum absolute atomic E-state index is 0.0217. The largest absolute Gasteiger partial charge is 0.481 e. The predicted octanol–water partition coefficient (Wildman–Crippen LogP) is 2.32. The van der Waals surface area contributed by atoms with Crippen molar-refractivity contribution in [2.24, 2.45) is 17.8 Å². The zero-order valence-corrected chi connectivity index (χ0v) is 12.5. The first-order chi connectivity index (χ1) is 9.50. The number of nitrogens with zero attached hydrogens (tertiary/aromatic N) is 1. The van der Waals surface area contributed by atoms with Gasteiger partial charge < -0.3 is 15.3 Å². The lowest BCUT2D eigenvalue weighted by molar-refractivity contribution is -0.142. The van der Waals surface area contributed by atoms with Crippen LogP contribution in [0.3, 0.4) is 0 Å². The Morgan fingerprint density at radius 3 is 2.60 bits per heavy atom. The van der Waals surface area contributed by atoms with Gasteiger partial charge in [-0.05, 0) is 37.5 Å². The molecule has 2 amide bonds. The Morgan fingerprint density at radius 2 is 1.95 bits per heavy atom. The van der Waals surface area contributed by atoms with Crippen molar-refractivity contribution in [3.63, 3.8) is 0 Å². The highest BCUT2D eigenvalue weighted by atomic mass is 16.4. The summed E-state index contributed by atoms with van der Waals surface area (Å²) in [6.07, 6.45) is 5.85. The molecule has 0 aromatic rings. The molecule has 0 radical (unpaired) electrons. The first-order valence-corrected chi connectivity index (χ1v) is 7.78. The number of hydrogen-bond donors (Lipinski definition) is 2. The van der Waals surface area contributed by atoms with Crippen LogP contribution in [0.4, 0.5) is 4.79 Å². The molecule has 0 bridgehead atoms. The van der Waals surface area contributed by atoms with Crippen LogP contribution in [0.1, 0.15) is 46.0 Å². The number of carboxylic acids is 1. The van der Waals surface area contributed by atoms with E-state index in [1.807, 2.05) is 18.7 Å². The maximum Gasteiger partial charge on any atom is 0.317 e. The lowest BCUT2D eigenvalue weighted by Gasteiger charge is -2.38. The molecule has 5 nitrogen and oxygen atoms in total. The number of carboxylic acid groups (broad SMARTS) is 1. The fourth-order valence-electron chi connectivity index (χ4n) is 3.61. The zero-order valence-electron chi connectivity index (χ0n) is 12.5. The summed E-state index contributed by atoms with van der Waals surface area (Å²) in [5.74, 6) is -0.663. The van der Waals surface area contributed by atoms with Gasteiger partial charge in [0.05, 0.1) is 5.92 Å². The molecule has 3 atom stereocenters. The van der Waals surface area contributed by atoms with Crippen molar-refractivity contribution >= 4 is 12.0 Å². The Labute approximate surface area is 120 Å². The summed E-state index contributed by atoms with van der Waals surface area (Å²) >= 11 is 0. The van der Waals surface area contributed by atoms with E-state index in [0.29, 0.717) is 12.0 Å². The predicted molar refractivity (Wildman–Crippen MR) is 76.4 cm³/mol. The average Bonchev–Trinajstić information content (AvgIpc) is 2.85. The van der Waals surface area contributed by atoms with Gasteiger partial charge in [-0.1, -0.05) is 20.3 Å². The van der Waals surface area contributed by atoms with Crippen molar-refractivity contribution in [3.05, 3.63) is 0 Å². The Hall–Kier alpha value is -1.26. The summed E-state index contributed by atoms with van der Waals surface area (Å²) in [5, 5.41) is 12.0. The van der Waals surface area contributed by atoms with Crippen molar-refractivity contribution in [3.8, 4) is 0 Å². The minimum Gasteiger partial charge on any atom is -0.481 e. The van der Waals surface area contributed by atoms with E-state index < -0.39 is 11.9 Å². The van der Waals surface area contributed by atoms with Crippen LogP contribution in [0.2, 0.25) is 0 Å². The summed E-state index contributed by atoms with van der Waals surface area (Å²) in [4.78, 5) is 25.4. The molecule has 0 aromatic heterocycles. The fraction of sp³-hybridized carbons (Fsp3) is 0.867. The standard InChI is InChI=1S/C15H26N2O3/c1-10(2)12(14(18)19)9-16-15(20)17-8-4-6-11-5-3-7-13(11)17/h10-13H,3-9H2,1-2H3,(H,16,20)(H,18,19). The second kappa shape index (κ2) is 6.46. The third-order valence-electron chi connectivity index (χ3n) is 4.85. The van der Waals surface area contributed by atoms with E-state index in [4.69, 9.17) is 5.11 Å². The molecule has 2 aliphatic rings. The highest BCUT2D eigenvalue weighted by Gasteiger charge is 2.37. The number of aliphatic carboxylic acids is 1. The lowest BCUT2D eigenvalue weighted by atomic mass is 9.92. The van der Waals surface area contributed by atoms with Crippen molar-refractivity contribution in [1.29, 1.82) is 0 Å². The molecule has 1 saturated heterocycles. The van der Waals surface area contributed by atoms with Gasteiger partial charge in [0, 0.05) is 19.1 Å². The van der Waals surface area contributed by atoms with Gasteiger partial charge in [-0.3, -0.25) is 4.79 Å². The quantitative estimate of drug-likeness (QED) is 0.831. The first kappa shape index (κ1) is 15.1. The molecule has 1 saturated carbocycles. The summed E-state index contributed by atoms with van der Waals surface area (Å²) in [6, 6.07) is 0.305. The number of piperidine rings is 1. The number of likely N-dealkylation sites (tertiary alicyclic amines) is 1. The fourth-order valence-corrected chi connectivity index (χ4v) is 3.61. The van der Waals surface area contributed by atoms with Crippen LogP contribution in [-0.4, -0.2) is 41.1 Å². The van der Waals surface area contributed by atoms with Crippen molar-refractivity contribution in [2.45, 2.75) is 52.0 Å². The van der Waals surface area contributed by atoms with Gasteiger partial charge in [0.25, 0.3) is 0 Å². The molecule has 2 rings (SSSR count). The van der Waals surface area contributed by atoms with Crippen LogP contribution in [0, 0.1) is 17.8 Å². The Kier molecular flexibility index (Phi) is 4.89. The zero-order chi connectivity index (χ0) is 14.7. The molecule has 0 aromatic carbocycles. The second-order valence-electron chi connectivity index (χ2n) is 6.47. The van der Waals surface area contributed by atoms with E-state index in [2.05, 4.69) is 5.32 Å². The average molecular weight is 282 g/mol. The van der Waals surface area contributed by atoms with Crippen molar-refractivity contribution < 1.29 is 14.7 Å². The van der Waals surface area contributed by atoms with Crippen LogP contribution in [0.25, 0.3) is 0 Å². The first-order valence-electron chi connectivity index (χ1n) is 7.78. The number of nitrogens with one attached hydrogen (secondary N) is 1. The summed E-state index contributed by atoms with van der Waals surface area (Å²) in [7, 11) is 0. The lowest BCUT2D eigenvalue weighted by Crippen LogP contribution is -2.51. The van der Waals surface area contributed by atoms with Gasteiger partial charge in [-0.2, -0.15) is 0 Å². The Morgan fingerprint density at radius 1 is 1.25 bits per heavy atom. The number of carbonyl (C=O) groups excluding carboxylic acids is 1. The molecule has 1 aliphatic heterocycles. The van der Waals surface area contributed by atoms with Gasteiger partial charge in [-0.25, -0.2) is 4.79 Å². The number of carbonyl (C=O) groups is 2. The van der Waals surface area contributed by atoms with E-state index in [1.165, 1.54) is 19.3 Å². The number of amides is 2. The van der Waals surface area contributed by atoms with Crippen molar-refractivity contribution in [2.75, 3.05) is 13.1 Å². The second-order valence-corrected chi connectivity index (χ2v) is 6.47. The smallest absolute Gasteiger partial charge is 0.317 e. The van der Waals surface area contributed by atoms with Crippen LogP contribution in [-0.2, 0) is 4.79 Å². The molecule has 20 heavy (non-hydrogen) atoms. The monoisotopic (exact) mass is 282 g/mol. The molecular weight excluding hydrogens is 256 g/mol. The van der Waals surface area contributed by atoms with Crippen LogP contribution in [0.15, 0.2) is 0 Å². The number of hydrogen-bond acceptors (Lipinski definition) is 2. The highest BCUT2D eigenvalue weighted by Crippen LogP contribution is 2.36. The number of rotatable bonds is 4. The van der Waals surface area contributed by atoms with E-state index in [-0.39, 0.29) is 18.5 Å². The number of urea groups is 1. The molecule has 2 fully saturated rings. The van der Waals surface area contributed by atoms with E-state index >= 15 is 0 Å². The summed E-state index contributed by atoms with van der Waals surface area (Å²) in [6.45, 7) is 4.78. The minimum atomic E-state index is -0.835. The molecule has 3 unspecified atom stereocenters. The van der Waals surface area contributed by atoms with Crippen LogP contribution in [0.5, 0.6) is 0 Å². The molecule has 0 spiro atoms. The van der Waals surface area contributed by atoms with Gasteiger partial charge in [0.15, 0.2) is 0 Å². The van der Waals surface area contributed by atoms with E-state index in [1.54, 1.807) is 0 Å². The molecule has 5 heteroatoms.